The van der Waals surface area contributed by atoms with Crippen molar-refractivity contribution in [2.24, 2.45) is 5.10 Å². The number of hydrogen-bond acceptors (Lipinski definition) is 6. The minimum atomic E-state index is -4.05. The van der Waals surface area contributed by atoms with E-state index in [9.17, 15) is 13.2 Å². The van der Waals surface area contributed by atoms with Crippen molar-refractivity contribution in [1.29, 1.82) is 0 Å². The van der Waals surface area contributed by atoms with Crippen molar-refractivity contribution in [1.82, 2.24) is 5.43 Å². The molecular weight excluding hydrogens is 677 g/mol. The smallest absolute Gasteiger partial charge is 0.264 e. The number of amides is 1. The number of nitrogens with one attached hydrogen (secondary N) is 1. The van der Waals surface area contributed by atoms with Crippen LogP contribution in [0.25, 0.3) is 0 Å². The molecule has 43 heavy (non-hydrogen) atoms. The molecule has 0 aliphatic heterocycles. The van der Waals surface area contributed by atoms with Crippen molar-refractivity contribution in [3.05, 3.63) is 116 Å². The first kappa shape index (κ1) is 32.3. The van der Waals surface area contributed by atoms with Gasteiger partial charge in [-0.25, -0.2) is 13.8 Å². The van der Waals surface area contributed by atoms with Gasteiger partial charge in [0.1, 0.15) is 13.2 Å². The molecule has 0 aromatic heterocycles. The fourth-order valence-electron chi connectivity index (χ4n) is 4.10. The minimum Gasteiger partial charge on any atom is -0.493 e. The van der Waals surface area contributed by atoms with Crippen molar-refractivity contribution in [2.45, 2.75) is 25.3 Å². The van der Waals surface area contributed by atoms with E-state index in [0.29, 0.717) is 42.8 Å². The number of methoxy groups -OCH3 is 1. The molecule has 4 aromatic carbocycles. The van der Waals surface area contributed by atoms with Crippen molar-refractivity contribution >= 4 is 67.0 Å². The molecule has 12 heteroatoms. The Bertz CT molecular complexity index is 1770. The molecule has 0 aliphatic carbocycles. The largest absolute Gasteiger partial charge is 0.493 e. The molecule has 0 radical (unpaired) electrons. The van der Waals surface area contributed by atoms with Gasteiger partial charge in [-0.1, -0.05) is 59.6 Å². The Hall–Kier alpha value is -3.57. The number of nitrogens with zero attached hydrogens (tertiary/aromatic N) is 2. The summed E-state index contributed by atoms with van der Waals surface area (Å²) in [5.74, 6) is 0.245. The van der Waals surface area contributed by atoms with Crippen LogP contribution in [0.2, 0.25) is 10.0 Å². The van der Waals surface area contributed by atoms with Crippen LogP contribution in [0.5, 0.6) is 11.5 Å². The fourth-order valence-corrected chi connectivity index (χ4v) is 6.63. The highest BCUT2D eigenvalue weighted by Crippen LogP contribution is 2.37. The Balaban J connectivity index is 1.51. The van der Waals surface area contributed by atoms with Crippen LogP contribution in [0.3, 0.4) is 0 Å². The SMILES string of the molecule is COc1cc(/C=N\NC(=O)CN(c2cc(C)ccc2C)S(=O)(=O)c2ccccc2)cc(Br)c1OCc1ccc(Cl)cc1Cl. The van der Waals surface area contributed by atoms with E-state index >= 15 is 0 Å². The summed E-state index contributed by atoms with van der Waals surface area (Å²) < 4.78 is 40.4. The summed E-state index contributed by atoms with van der Waals surface area (Å²) in [4.78, 5) is 13.1. The maximum atomic E-state index is 13.6. The Morgan fingerprint density at radius 2 is 1.77 bits per heavy atom. The van der Waals surface area contributed by atoms with Crippen LogP contribution in [0.4, 0.5) is 5.69 Å². The summed E-state index contributed by atoms with van der Waals surface area (Å²) in [5.41, 5.74) is 5.74. The monoisotopic (exact) mass is 703 g/mol. The van der Waals surface area contributed by atoms with E-state index in [1.165, 1.54) is 25.5 Å². The van der Waals surface area contributed by atoms with Crippen LogP contribution in [-0.4, -0.2) is 34.2 Å². The number of ether oxygens (including phenoxy) is 2. The highest BCUT2D eigenvalue weighted by molar-refractivity contribution is 9.10. The third-order valence-corrected chi connectivity index (χ3v) is 9.24. The van der Waals surface area contributed by atoms with Crippen LogP contribution in [-0.2, 0) is 21.4 Å². The van der Waals surface area contributed by atoms with E-state index in [-0.39, 0.29) is 11.5 Å². The minimum absolute atomic E-state index is 0.0739. The van der Waals surface area contributed by atoms with E-state index in [1.807, 2.05) is 19.1 Å². The van der Waals surface area contributed by atoms with Crippen LogP contribution in [0.15, 0.2) is 93.3 Å². The molecular formula is C31H28BrCl2N3O5S. The lowest BCUT2D eigenvalue weighted by atomic mass is 10.1. The Labute approximate surface area is 269 Å². The molecule has 0 bridgehead atoms. The maximum Gasteiger partial charge on any atom is 0.264 e. The highest BCUT2D eigenvalue weighted by atomic mass is 79.9. The van der Waals surface area contributed by atoms with Gasteiger partial charge in [0.25, 0.3) is 15.9 Å². The number of carbonyl (C=O) groups excluding carboxylic acids is 1. The highest BCUT2D eigenvalue weighted by Gasteiger charge is 2.28. The molecule has 0 saturated carbocycles. The second-order valence-corrected chi connectivity index (χ2v) is 13.0. The first-order chi connectivity index (χ1) is 20.5. The zero-order valence-corrected chi connectivity index (χ0v) is 27.4. The topological polar surface area (TPSA) is 97.3 Å². The molecule has 0 atom stereocenters. The molecule has 1 N–H and O–H groups in total. The lowest BCUT2D eigenvalue weighted by Crippen LogP contribution is -2.40. The van der Waals surface area contributed by atoms with Crippen molar-refractivity contribution in [3.63, 3.8) is 0 Å². The third-order valence-electron chi connectivity index (χ3n) is 6.29. The molecule has 4 rings (SSSR count). The van der Waals surface area contributed by atoms with Gasteiger partial charge in [0.2, 0.25) is 0 Å². The number of hydrazone groups is 1. The number of halogens is 3. The summed E-state index contributed by atoms with van der Waals surface area (Å²) in [6.07, 6.45) is 1.42. The standard InChI is InChI=1S/C31H28BrCl2N3O5S/c1-20-9-10-21(2)28(13-20)37(43(39,40)25-7-5-4-6-8-25)18-30(38)36-35-17-22-14-26(32)31(29(15-22)41-3)42-19-23-11-12-24(33)16-27(23)34/h4-17H,18-19H2,1-3H3,(H,36,38)/b35-17-. The Kier molecular flexibility index (Phi) is 10.7. The Morgan fingerprint density at radius 3 is 2.47 bits per heavy atom. The van der Waals surface area contributed by atoms with Gasteiger partial charge in [-0.2, -0.15) is 5.10 Å². The van der Waals surface area contributed by atoms with E-state index in [0.717, 1.165) is 15.4 Å². The van der Waals surface area contributed by atoms with Gasteiger partial charge >= 0.3 is 0 Å². The van der Waals surface area contributed by atoms with Gasteiger partial charge in [-0.05, 0) is 88.9 Å². The maximum absolute atomic E-state index is 13.6. The molecule has 0 heterocycles. The number of sulfonamides is 1. The number of benzene rings is 4. The lowest BCUT2D eigenvalue weighted by molar-refractivity contribution is -0.119. The lowest BCUT2D eigenvalue weighted by Gasteiger charge is -2.25. The van der Waals surface area contributed by atoms with Crippen molar-refractivity contribution in [3.8, 4) is 11.5 Å². The zero-order chi connectivity index (χ0) is 31.1. The second-order valence-electron chi connectivity index (χ2n) is 9.47. The van der Waals surface area contributed by atoms with E-state index < -0.39 is 22.5 Å². The van der Waals surface area contributed by atoms with Crippen LogP contribution in [0, 0.1) is 13.8 Å². The number of rotatable bonds is 11. The molecule has 224 valence electrons. The summed E-state index contributed by atoms with van der Waals surface area (Å²) in [7, 11) is -2.54. The molecule has 0 unspecified atom stereocenters. The van der Waals surface area contributed by atoms with Crippen LogP contribution in [0.1, 0.15) is 22.3 Å². The van der Waals surface area contributed by atoms with E-state index in [4.69, 9.17) is 32.7 Å². The quantitative estimate of drug-likeness (QED) is 0.131. The third kappa shape index (κ3) is 8.08. The van der Waals surface area contributed by atoms with Gasteiger partial charge in [-0.15, -0.1) is 0 Å². The first-order valence-electron chi connectivity index (χ1n) is 12.9. The Morgan fingerprint density at radius 1 is 1.02 bits per heavy atom. The number of hydrogen-bond donors (Lipinski definition) is 1. The first-order valence-corrected chi connectivity index (χ1v) is 15.9. The number of aryl methyl sites for hydroxylation is 2. The molecule has 0 saturated heterocycles. The van der Waals surface area contributed by atoms with Crippen LogP contribution >= 0.6 is 39.1 Å². The van der Waals surface area contributed by atoms with Gasteiger partial charge in [0.05, 0.1) is 28.4 Å². The summed E-state index contributed by atoms with van der Waals surface area (Å²) in [5, 5.41) is 5.06. The number of anilines is 1. The van der Waals surface area contributed by atoms with Gasteiger partial charge < -0.3 is 9.47 Å². The molecule has 0 aliphatic rings. The van der Waals surface area contributed by atoms with E-state index in [1.54, 1.807) is 61.5 Å². The zero-order valence-electron chi connectivity index (χ0n) is 23.5. The summed E-state index contributed by atoms with van der Waals surface area (Å²) >= 11 is 15.7. The molecule has 0 spiro atoms. The predicted octanol–water partition coefficient (Wildman–Crippen LogP) is 7.31. The number of carbonyl (C=O) groups is 1. The fraction of sp³-hybridized carbons (Fsp3) is 0.161. The predicted molar refractivity (Wildman–Crippen MR) is 174 cm³/mol. The van der Waals surface area contributed by atoms with Gasteiger partial charge in [0, 0.05) is 15.6 Å². The second kappa shape index (κ2) is 14.3. The molecule has 0 fully saturated rings. The average molecular weight is 705 g/mol. The average Bonchev–Trinajstić information content (AvgIpc) is 2.97. The van der Waals surface area contributed by atoms with Crippen molar-refractivity contribution in [2.75, 3.05) is 18.0 Å². The van der Waals surface area contributed by atoms with Gasteiger partial charge in [0.15, 0.2) is 11.5 Å². The normalized spacial score (nSPS) is 11.4. The van der Waals surface area contributed by atoms with Crippen LogP contribution < -0.4 is 19.2 Å². The molecule has 1 amide bonds. The van der Waals surface area contributed by atoms with E-state index in [2.05, 4.69) is 26.5 Å². The molecule has 8 nitrogen and oxygen atoms in total. The van der Waals surface area contributed by atoms with Crippen molar-refractivity contribution < 1.29 is 22.7 Å². The summed E-state index contributed by atoms with van der Waals surface area (Å²) in [6, 6.07) is 22.0. The molecule has 4 aromatic rings. The summed E-state index contributed by atoms with van der Waals surface area (Å²) in [6.45, 7) is 3.35. The van der Waals surface area contributed by atoms with Gasteiger partial charge in [-0.3, -0.25) is 9.10 Å².